The van der Waals surface area contributed by atoms with Crippen molar-refractivity contribution in [2.75, 3.05) is 12.0 Å². The molecule has 2 saturated carbocycles. The van der Waals surface area contributed by atoms with Gasteiger partial charge in [0, 0.05) is 18.2 Å². The standard InChI is InChI=1S/C20H26O8S/c1-17-6-5-7-18(2)13(17)12(27-16(18)22)14-20(28-14)10(17)8-11(21)26-15(20)19(3,23)9-29(4,24)25/h8,12-15,23H,5-7,9H2,1-4H3/t12-,13+,14+,15+,17+,18-,19?,20-/m0/s1. The summed E-state index contributed by atoms with van der Waals surface area (Å²) in [5.74, 6) is -1.61. The molecule has 29 heavy (non-hydrogen) atoms. The van der Waals surface area contributed by atoms with Gasteiger partial charge in [0.05, 0.1) is 11.2 Å². The SMILES string of the molecule is CC(O)(CS(C)(=O)=O)[C@H]1OC(=O)C=C2[C@@]13O[C@@H]3[C@H]1OC(=O)[C@@]3(C)CCC[C@@]2(C)[C@@H]13. The molecule has 3 heterocycles. The van der Waals surface area contributed by atoms with E-state index in [1.165, 1.54) is 13.0 Å². The zero-order valence-electron chi connectivity index (χ0n) is 16.9. The molecule has 5 aliphatic rings. The van der Waals surface area contributed by atoms with Crippen LogP contribution in [-0.4, -0.2) is 67.0 Å². The molecule has 1 spiro atoms. The molecular formula is C20H26O8S. The third-order valence-electron chi connectivity index (χ3n) is 7.83. The number of epoxide rings is 1. The van der Waals surface area contributed by atoms with Gasteiger partial charge in [-0.25, -0.2) is 13.2 Å². The number of hydrogen-bond acceptors (Lipinski definition) is 8. The topological polar surface area (TPSA) is 120 Å². The number of hydrogen-bond donors (Lipinski definition) is 1. The summed E-state index contributed by atoms with van der Waals surface area (Å²) in [7, 11) is -3.56. The molecule has 0 aromatic carbocycles. The number of esters is 2. The third-order valence-corrected chi connectivity index (χ3v) is 8.94. The first kappa shape index (κ1) is 19.5. The van der Waals surface area contributed by atoms with Crippen LogP contribution in [0.3, 0.4) is 0 Å². The number of carbonyl (C=O) groups is 2. The summed E-state index contributed by atoms with van der Waals surface area (Å²) in [5.41, 5.74) is -3.52. The van der Waals surface area contributed by atoms with Crippen LogP contribution in [0.25, 0.3) is 0 Å². The van der Waals surface area contributed by atoms with E-state index in [0.717, 1.165) is 25.5 Å². The first-order valence-electron chi connectivity index (χ1n) is 9.98. The van der Waals surface area contributed by atoms with E-state index in [2.05, 4.69) is 0 Å². The number of cyclic esters (lactones) is 1. The molecule has 8 nitrogen and oxygen atoms in total. The van der Waals surface area contributed by atoms with Gasteiger partial charge in [0.1, 0.15) is 27.6 Å². The fourth-order valence-electron chi connectivity index (χ4n) is 6.99. The smallest absolute Gasteiger partial charge is 0.331 e. The second kappa shape index (κ2) is 5.23. The minimum absolute atomic E-state index is 0.144. The molecule has 4 fully saturated rings. The molecule has 0 radical (unpaired) electrons. The van der Waals surface area contributed by atoms with Gasteiger partial charge in [-0.15, -0.1) is 0 Å². The van der Waals surface area contributed by atoms with Crippen LogP contribution in [0.5, 0.6) is 0 Å². The van der Waals surface area contributed by atoms with Gasteiger partial charge in [0.25, 0.3) is 0 Å². The average Bonchev–Trinajstić information content (AvgIpc) is 3.21. The van der Waals surface area contributed by atoms with Crippen LogP contribution in [0.2, 0.25) is 0 Å². The van der Waals surface area contributed by atoms with E-state index in [4.69, 9.17) is 14.2 Å². The number of sulfone groups is 1. The summed E-state index contributed by atoms with van der Waals surface area (Å²) >= 11 is 0. The van der Waals surface area contributed by atoms with Crippen molar-refractivity contribution in [3.8, 4) is 0 Å². The molecule has 9 heteroatoms. The lowest BCUT2D eigenvalue weighted by molar-refractivity contribution is -0.169. The second-order valence-electron chi connectivity index (χ2n) is 10.2. The highest BCUT2D eigenvalue weighted by Gasteiger charge is 2.84. The van der Waals surface area contributed by atoms with Crippen molar-refractivity contribution in [1.29, 1.82) is 0 Å². The van der Waals surface area contributed by atoms with Crippen LogP contribution in [-0.2, 0) is 33.6 Å². The highest BCUT2D eigenvalue weighted by atomic mass is 32.2. The Morgan fingerprint density at radius 1 is 1.21 bits per heavy atom. The van der Waals surface area contributed by atoms with Crippen LogP contribution >= 0.6 is 0 Å². The van der Waals surface area contributed by atoms with E-state index in [1.807, 2.05) is 13.8 Å². The van der Waals surface area contributed by atoms with Crippen molar-refractivity contribution in [2.45, 2.75) is 69.5 Å². The Hall–Kier alpha value is -1.45. The first-order valence-corrected chi connectivity index (χ1v) is 12.0. The summed E-state index contributed by atoms with van der Waals surface area (Å²) < 4.78 is 41.3. The van der Waals surface area contributed by atoms with E-state index in [0.29, 0.717) is 5.57 Å². The average molecular weight is 426 g/mol. The summed E-state index contributed by atoms with van der Waals surface area (Å²) in [5, 5.41) is 11.1. The number of ether oxygens (including phenoxy) is 3. The molecule has 0 aromatic heterocycles. The van der Waals surface area contributed by atoms with Gasteiger partial charge in [-0.05, 0) is 37.7 Å². The molecule has 0 amide bonds. The highest BCUT2D eigenvalue weighted by Crippen LogP contribution is 2.73. The second-order valence-corrected chi connectivity index (χ2v) is 12.3. The van der Waals surface area contributed by atoms with Crippen molar-refractivity contribution in [3.63, 3.8) is 0 Å². The zero-order valence-corrected chi connectivity index (χ0v) is 17.7. The molecule has 0 aromatic rings. The highest BCUT2D eigenvalue weighted by molar-refractivity contribution is 7.90. The van der Waals surface area contributed by atoms with Crippen LogP contribution in [0.4, 0.5) is 0 Å². The maximum Gasteiger partial charge on any atom is 0.331 e. The van der Waals surface area contributed by atoms with E-state index in [-0.39, 0.29) is 11.9 Å². The van der Waals surface area contributed by atoms with Gasteiger partial charge >= 0.3 is 11.9 Å². The third kappa shape index (κ3) is 2.29. The van der Waals surface area contributed by atoms with Gasteiger partial charge in [-0.3, -0.25) is 4.79 Å². The summed E-state index contributed by atoms with van der Waals surface area (Å²) in [6.07, 6.45) is 2.43. The minimum atomic E-state index is -3.56. The molecule has 8 atom stereocenters. The Kier molecular flexibility index (Phi) is 3.52. The summed E-state index contributed by atoms with van der Waals surface area (Å²) in [6, 6.07) is 0. The number of aliphatic hydroxyl groups is 1. The Bertz CT molecular complexity index is 967. The minimum Gasteiger partial charge on any atom is -0.459 e. The van der Waals surface area contributed by atoms with Gasteiger partial charge in [-0.2, -0.15) is 0 Å². The molecule has 1 unspecified atom stereocenters. The predicted octanol–water partition coefficient (Wildman–Crippen LogP) is 0.523. The first-order chi connectivity index (χ1) is 13.3. The van der Waals surface area contributed by atoms with E-state index >= 15 is 0 Å². The lowest BCUT2D eigenvalue weighted by Crippen LogP contribution is -2.65. The molecule has 160 valence electrons. The normalized spacial score (nSPS) is 49.6. The monoisotopic (exact) mass is 426 g/mol. The molecule has 0 bridgehead atoms. The summed E-state index contributed by atoms with van der Waals surface area (Å²) in [4.78, 5) is 25.3. The lowest BCUT2D eigenvalue weighted by Gasteiger charge is -2.54. The fourth-order valence-corrected chi connectivity index (χ4v) is 8.20. The molecule has 2 aliphatic carbocycles. The van der Waals surface area contributed by atoms with Crippen molar-refractivity contribution in [1.82, 2.24) is 0 Å². The molecule has 3 aliphatic heterocycles. The van der Waals surface area contributed by atoms with Gasteiger partial charge in [-0.1, -0.05) is 13.3 Å². The van der Waals surface area contributed by atoms with E-state index in [9.17, 15) is 23.1 Å². The van der Waals surface area contributed by atoms with Crippen LogP contribution in [0.15, 0.2) is 11.6 Å². The Labute approximate surface area is 169 Å². The van der Waals surface area contributed by atoms with Gasteiger partial charge < -0.3 is 19.3 Å². The quantitative estimate of drug-likeness (QED) is 0.512. The predicted molar refractivity (Wildman–Crippen MR) is 99.3 cm³/mol. The van der Waals surface area contributed by atoms with Crippen LogP contribution < -0.4 is 0 Å². The number of fused-ring (bicyclic) bond motifs is 2. The van der Waals surface area contributed by atoms with Gasteiger partial charge in [0.15, 0.2) is 11.7 Å². The molecule has 2 saturated heterocycles. The molecule has 5 rings (SSSR count). The fraction of sp³-hybridized carbons (Fsp3) is 0.800. The van der Waals surface area contributed by atoms with Crippen molar-refractivity contribution >= 4 is 21.8 Å². The van der Waals surface area contributed by atoms with Crippen LogP contribution in [0.1, 0.15) is 40.0 Å². The lowest BCUT2D eigenvalue weighted by atomic mass is 9.47. The van der Waals surface area contributed by atoms with Gasteiger partial charge in [0.2, 0.25) is 0 Å². The zero-order chi connectivity index (χ0) is 21.2. The maximum absolute atomic E-state index is 12.8. The summed E-state index contributed by atoms with van der Waals surface area (Å²) in [6.45, 7) is 5.30. The van der Waals surface area contributed by atoms with Crippen molar-refractivity contribution < 1.29 is 37.3 Å². The largest absolute Gasteiger partial charge is 0.459 e. The Balaban J connectivity index is 1.66. The Morgan fingerprint density at radius 2 is 1.86 bits per heavy atom. The number of rotatable bonds is 3. The van der Waals surface area contributed by atoms with E-state index < -0.39 is 61.9 Å². The van der Waals surface area contributed by atoms with E-state index in [1.54, 1.807) is 0 Å². The van der Waals surface area contributed by atoms with Crippen molar-refractivity contribution in [2.24, 2.45) is 16.7 Å². The molecule has 1 N–H and O–H groups in total. The van der Waals surface area contributed by atoms with Crippen LogP contribution in [0, 0.1) is 16.7 Å². The number of carbonyl (C=O) groups excluding carboxylic acids is 2. The van der Waals surface area contributed by atoms with Crippen molar-refractivity contribution in [3.05, 3.63) is 11.6 Å². The Morgan fingerprint density at radius 3 is 2.52 bits per heavy atom. The maximum atomic E-state index is 12.8. The molecular weight excluding hydrogens is 400 g/mol.